The lowest BCUT2D eigenvalue weighted by Gasteiger charge is -2.16. The van der Waals surface area contributed by atoms with E-state index in [1.54, 1.807) is 40.8 Å². The van der Waals surface area contributed by atoms with Gasteiger partial charge in [-0.15, -0.1) is 22.7 Å². The molecule has 0 N–H and O–H groups in total. The topological polar surface area (TPSA) is 42.4 Å². The maximum absolute atomic E-state index is 12.8. The van der Waals surface area contributed by atoms with Crippen LogP contribution in [0.4, 0.5) is 4.39 Å². The Morgan fingerprint density at radius 1 is 1.25 bits per heavy atom. The van der Waals surface area contributed by atoms with Gasteiger partial charge in [-0.25, -0.2) is 9.37 Å². The molecule has 0 fully saturated rings. The lowest BCUT2D eigenvalue weighted by Crippen LogP contribution is -2.31. The molecule has 0 radical (unpaired) electrons. The number of carbonyl (C=O) groups excluding carboxylic acids is 1. The average Bonchev–Trinajstić information content (AvgIpc) is 3.27. The zero-order valence-electron chi connectivity index (χ0n) is 12.9. The van der Waals surface area contributed by atoms with Crippen molar-refractivity contribution in [1.29, 1.82) is 0 Å². The molecular formula is C17H15FN2O2S2. The minimum atomic E-state index is -0.306. The zero-order chi connectivity index (χ0) is 16.9. The molecule has 0 aliphatic heterocycles. The number of aromatic nitrogens is 1. The van der Waals surface area contributed by atoms with Crippen molar-refractivity contribution in [2.24, 2.45) is 0 Å². The van der Waals surface area contributed by atoms with Gasteiger partial charge in [-0.1, -0.05) is 6.07 Å². The van der Waals surface area contributed by atoms with Crippen LogP contribution in [0, 0.1) is 5.82 Å². The van der Waals surface area contributed by atoms with Crippen LogP contribution < -0.4 is 4.74 Å². The summed E-state index contributed by atoms with van der Waals surface area (Å²) in [5.74, 6) is 0.127. The molecule has 0 aliphatic rings. The van der Waals surface area contributed by atoms with E-state index in [1.165, 1.54) is 23.5 Å². The molecule has 0 spiro atoms. The number of carbonyl (C=O) groups is 1. The first-order valence-corrected chi connectivity index (χ1v) is 9.02. The minimum Gasteiger partial charge on any atom is -0.492 e. The lowest BCUT2D eigenvalue weighted by atomic mass is 10.3. The maximum atomic E-state index is 12.8. The molecule has 3 rings (SSSR count). The van der Waals surface area contributed by atoms with Crippen molar-refractivity contribution < 1.29 is 13.9 Å². The number of thiazole rings is 1. The highest BCUT2D eigenvalue weighted by Gasteiger charge is 2.16. The molecule has 1 aromatic carbocycles. The second kappa shape index (κ2) is 7.55. The predicted octanol–water partition coefficient (Wildman–Crippen LogP) is 4.16. The zero-order valence-corrected chi connectivity index (χ0v) is 14.6. The van der Waals surface area contributed by atoms with E-state index in [1.807, 2.05) is 17.5 Å². The van der Waals surface area contributed by atoms with E-state index < -0.39 is 0 Å². The Morgan fingerprint density at radius 3 is 2.75 bits per heavy atom. The van der Waals surface area contributed by atoms with Crippen LogP contribution in [-0.4, -0.2) is 36.0 Å². The summed E-state index contributed by atoms with van der Waals surface area (Å²) in [4.78, 5) is 19.4. The number of halogens is 1. The van der Waals surface area contributed by atoms with Crippen LogP contribution in [0.5, 0.6) is 5.75 Å². The molecule has 0 unspecified atom stereocenters. The average molecular weight is 362 g/mol. The molecule has 0 bridgehead atoms. The normalized spacial score (nSPS) is 10.6. The van der Waals surface area contributed by atoms with Gasteiger partial charge in [0.25, 0.3) is 5.91 Å². The smallest absolute Gasteiger partial charge is 0.273 e. The summed E-state index contributed by atoms with van der Waals surface area (Å²) in [6.45, 7) is 0.748. The van der Waals surface area contributed by atoms with Crippen LogP contribution in [0.1, 0.15) is 10.5 Å². The monoisotopic (exact) mass is 362 g/mol. The summed E-state index contributed by atoms with van der Waals surface area (Å²) in [5.41, 5.74) is 0.438. The molecule has 3 aromatic rings. The fourth-order valence-corrected chi connectivity index (χ4v) is 3.62. The first-order chi connectivity index (χ1) is 11.6. The standard InChI is InChI=1S/C17H15FN2O2S2/c1-20(8-9-22-13-6-4-12(18)5-7-13)17(21)14-11-24-16(19-14)15-3-2-10-23-15/h2-7,10-11H,8-9H2,1H3. The molecule has 24 heavy (non-hydrogen) atoms. The fourth-order valence-electron chi connectivity index (χ4n) is 2.01. The largest absolute Gasteiger partial charge is 0.492 e. The van der Waals surface area contributed by atoms with Gasteiger partial charge >= 0.3 is 0 Å². The van der Waals surface area contributed by atoms with Crippen molar-refractivity contribution in [2.75, 3.05) is 20.2 Å². The second-order valence-corrected chi connectivity index (χ2v) is 6.85. The van der Waals surface area contributed by atoms with Crippen LogP contribution >= 0.6 is 22.7 Å². The Kier molecular flexibility index (Phi) is 5.22. The van der Waals surface area contributed by atoms with Gasteiger partial charge in [0.2, 0.25) is 0 Å². The Bertz CT molecular complexity index is 800. The van der Waals surface area contributed by atoms with Crippen LogP contribution in [0.15, 0.2) is 47.2 Å². The first kappa shape index (κ1) is 16.6. The third-order valence-electron chi connectivity index (χ3n) is 3.31. The van der Waals surface area contributed by atoms with E-state index in [-0.39, 0.29) is 11.7 Å². The van der Waals surface area contributed by atoms with Gasteiger partial charge in [-0.3, -0.25) is 4.79 Å². The molecule has 7 heteroatoms. The van der Waals surface area contributed by atoms with Crippen LogP contribution in [0.3, 0.4) is 0 Å². The number of ether oxygens (including phenoxy) is 1. The number of hydrogen-bond acceptors (Lipinski definition) is 5. The van der Waals surface area contributed by atoms with Crippen molar-refractivity contribution in [2.45, 2.75) is 0 Å². The molecule has 4 nitrogen and oxygen atoms in total. The van der Waals surface area contributed by atoms with Crippen LogP contribution in [0.2, 0.25) is 0 Å². The Labute approximate surface area is 147 Å². The maximum Gasteiger partial charge on any atom is 0.273 e. The summed E-state index contributed by atoms with van der Waals surface area (Å²) in [7, 11) is 1.71. The van der Waals surface area contributed by atoms with E-state index >= 15 is 0 Å². The van der Waals surface area contributed by atoms with E-state index in [0.717, 1.165) is 9.88 Å². The predicted molar refractivity (Wildman–Crippen MR) is 94.3 cm³/mol. The summed E-state index contributed by atoms with van der Waals surface area (Å²) >= 11 is 3.06. The third kappa shape index (κ3) is 3.98. The molecule has 0 aliphatic carbocycles. The number of benzene rings is 1. The SMILES string of the molecule is CN(CCOc1ccc(F)cc1)C(=O)c1csc(-c2cccs2)n1. The number of nitrogens with zero attached hydrogens (tertiary/aromatic N) is 2. The summed E-state index contributed by atoms with van der Waals surface area (Å²) in [6, 6.07) is 9.74. The van der Waals surface area contributed by atoms with Crippen molar-refractivity contribution >= 4 is 28.6 Å². The number of amides is 1. The quantitative estimate of drug-likeness (QED) is 0.661. The number of thiophene rings is 1. The molecular weight excluding hydrogens is 347 g/mol. The van der Waals surface area contributed by atoms with E-state index in [4.69, 9.17) is 4.74 Å². The molecule has 1 amide bonds. The summed E-state index contributed by atoms with van der Waals surface area (Å²) < 4.78 is 18.3. The second-order valence-electron chi connectivity index (χ2n) is 5.04. The summed E-state index contributed by atoms with van der Waals surface area (Å²) in [5, 5.41) is 4.61. The third-order valence-corrected chi connectivity index (χ3v) is 5.19. The Hall–Kier alpha value is -2.25. The van der Waals surface area contributed by atoms with Gasteiger partial charge < -0.3 is 9.64 Å². The van der Waals surface area contributed by atoms with Crippen LogP contribution in [0.25, 0.3) is 9.88 Å². The Balaban J connectivity index is 1.54. The molecule has 0 saturated carbocycles. The number of hydrogen-bond donors (Lipinski definition) is 0. The molecule has 0 saturated heterocycles. The molecule has 0 atom stereocenters. The van der Waals surface area contributed by atoms with Gasteiger partial charge in [0.05, 0.1) is 11.4 Å². The van der Waals surface area contributed by atoms with Crippen molar-refractivity contribution in [3.63, 3.8) is 0 Å². The lowest BCUT2D eigenvalue weighted by molar-refractivity contribution is 0.0769. The summed E-state index contributed by atoms with van der Waals surface area (Å²) in [6.07, 6.45) is 0. The van der Waals surface area contributed by atoms with E-state index in [2.05, 4.69) is 4.98 Å². The van der Waals surface area contributed by atoms with Gasteiger partial charge in [0.15, 0.2) is 0 Å². The Morgan fingerprint density at radius 2 is 2.04 bits per heavy atom. The molecule has 2 aromatic heterocycles. The van der Waals surface area contributed by atoms with Crippen molar-refractivity contribution in [1.82, 2.24) is 9.88 Å². The highest BCUT2D eigenvalue weighted by molar-refractivity contribution is 7.20. The van der Waals surface area contributed by atoms with Crippen molar-refractivity contribution in [3.8, 4) is 15.6 Å². The fraction of sp³-hybridized carbons (Fsp3) is 0.176. The van der Waals surface area contributed by atoms with E-state index in [9.17, 15) is 9.18 Å². The van der Waals surface area contributed by atoms with Gasteiger partial charge in [-0.05, 0) is 35.7 Å². The van der Waals surface area contributed by atoms with E-state index in [0.29, 0.717) is 24.6 Å². The van der Waals surface area contributed by atoms with Gasteiger partial charge in [0, 0.05) is 12.4 Å². The highest BCUT2D eigenvalue weighted by atomic mass is 32.1. The molecule has 124 valence electrons. The minimum absolute atomic E-state index is 0.142. The number of rotatable bonds is 6. The van der Waals surface area contributed by atoms with Crippen molar-refractivity contribution in [3.05, 3.63) is 58.7 Å². The van der Waals surface area contributed by atoms with Gasteiger partial charge in [0.1, 0.15) is 28.9 Å². The highest BCUT2D eigenvalue weighted by Crippen LogP contribution is 2.28. The van der Waals surface area contributed by atoms with Crippen LogP contribution in [-0.2, 0) is 0 Å². The molecule has 2 heterocycles. The van der Waals surface area contributed by atoms with Gasteiger partial charge in [-0.2, -0.15) is 0 Å². The first-order valence-electron chi connectivity index (χ1n) is 7.27. The number of likely N-dealkylation sites (N-methyl/N-ethyl adjacent to an activating group) is 1.